The molecule has 0 radical (unpaired) electrons. The Bertz CT molecular complexity index is 713. The monoisotopic (exact) mass is 311 g/mol. The van der Waals surface area contributed by atoms with E-state index in [0.717, 1.165) is 6.54 Å². The fraction of sp³-hybridized carbons (Fsp3) is 0.333. The molecule has 0 spiro atoms. The van der Waals surface area contributed by atoms with Crippen molar-refractivity contribution in [2.24, 2.45) is 5.14 Å². The number of primary sulfonamides is 1. The highest BCUT2D eigenvalue weighted by molar-refractivity contribution is 7.89. The Kier molecular flexibility index (Phi) is 4.56. The summed E-state index contributed by atoms with van der Waals surface area (Å²) >= 11 is 0. The molecule has 1 unspecified atom stereocenters. The topological polar surface area (TPSA) is 123 Å². The maximum atomic E-state index is 11.3. The summed E-state index contributed by atoms with van der Waals surface area (Å²) < 4.78 is 28.0. The van der Waals surface area contributed by atoms with Crippen LogP contribution in [0.2, 0.25) is 0 Å². The minimum absolute atomic E-state index is 0.00764. The van der Waals surface area contributed by atoms with Crippen LogP contribution in [-0.2, 0) is 10.0 Å². The Hall–Kier alpha value is -1.97. The largest absolute Gasteiger partial charge is 0.406 e. The normalized spacial score (nSPS) is 13.1. The zero-order chi connectivity index (χ0) is 15.5. The zero-order valence-electron chi connectivity index (χ0n) is 11.7. The molecule has 1 atom stereocenters. The molecule has 2 rings (SSSR count). The Morgan fingerprint density at radius 3 is 2.81 bits per heavy atom. The minimum Gasteiger partial charge on any atom is -0.406 e. The zero-order valence-corrected chi connectivity index (χ0v) is 12.5. The molecule has 8 nitrogen and oxygen atoms in total. The highest BCUT2D eigenvalue weighted by atomic mass is 32.2. The molecule has 4 N–H and O–H groups in total. The summed E-state index contributed by atoms with van der Waals surface area (Å²) in [4.78, 5) is 0.00764. The number of hydrogen-bond acceptors (Lipinski definition) is 7. The van der Waals surface area contributed by atoms with Gasteiger partial charge in [0.25, 0.3) is 0 Å². The molecule has 1 aromatic carbocycles. The van der Waals surface area contributed by atoms with Crippen molar-refractivity contribution in [3.63, 3.8) is 0 Å². The van der Waals surface area contributed by atoms with E-state index in [1.807, 2.05) is 13.8 Å². The molecule has 1 heterocycles. The minimum atomic E-state index is -3.75. The summed E-state index contributed by atoms with van der Waals surface area (Å²) in [5, 5.41) is 18.9. The van der Waals surface area contributed by atoms with E-state index in [4.69, 9.17) is 9.56 Å². The Morgan fingerprint density at radius 2 is 2.14 bits per heavy atom. The molecule has 9 heteroatoms. The van der Waals surface area contributed by atoms with Gasteiger partial charge in [0.1, 0.15) is 0 Å². The smallest absolute Gasteiger partial charge is 0.320 e. The van der Waals surface area contributed by atoms with E-state index >= 15 is 0 Å². The van der Waals surface area contributed by atoms with Crippen molar-refractivity contribution in [1.29, 1.82) is 0 Å². The van der Waals surface area contributed by atoms with E-state index in [1.54, 1.807) is 12.1 Å². The van der Waals surface area contributed by atoms with Gasteiger partial charge < -0.3 is 15.1 Å². The number of sulfonamides is 1. The van der Waals surface area contributed by atoms with Crippen LogP contribution < -0.4 is 15.8 Å². The lowest BCUT2D eigenvalue weighted by atomic mass is 10.3. The number of anilines is 2. The van der Waals surface area contributed by atoms with Gasteiger partial charge in [-0.15, -0.1) is 5.10 Å². The van der Waals surface area contributed by atoms with E-state index in [0.29, 0.717) is 11.6 Å². The number of nitrogens with zero attached hydrogens (tertiary/aromatic N) is 2. The Balaban J connectivity index is 2.16. The molecule has 0 bridgehead atoms. The van der Waals surface area contributed by atoms with E-state index in [-0.39, 0.29) is 17.0 Å². The van der Waals surface area contributed by atoms with Crippen molar-refractivity contribution >= 4 is 21.7 Å². The Morgan fingerprint density at radius 1 is 1.38 bits per heavy atom. The highest BCUT2D eigenvalue weighted by Gasteiger charge is 2.13. The third kappa shape index (κ3) is 4.00. The number of nitrogens with one attached hydrogen (secondary N) is 2. The average Bonchev–Trinajstić information content (AvgIpc) is 2.87. The van der Waals surface area contributed by atoms with Crippen molar-refractivity contribution < 1.29 is 12.8 Å². The van der Waals surface area contributed by atoms with E-state index in [1.165, 1.54) is 12.1 Å². The first-order valence-corrected chi connectivity index (χ1v) is 7.91. The van der Waals surface area contributed by atoms with Gasteiger partial charge in [0, 0.05) is 5.69 Å². The van der Waals surface area contributed by atoms with Crippen LogP contribution in [0, 0.1) is 0 Å². The van der Waals surface area contributed by atoms with Gasteiger partial charge in [0.15, 0.2) is 0 Å². The predicted molar refractivity (Wildman–Crippen MR) is 77.5 cm³/mol. The van der Waals surface area contributed by atoms with Gasteiger partial charge in [-0.25, -0.2) is 13.6 Å². The summed E-state index contributed by atoms with van der Waals surface area (Å²) in [6, 6.07) is 6.17. The van der Waals surface area contributed by atoms with Crippen LogP contribution in [0.15, 0.2) is 33.6 Å². The molecule has 0 saturated heterocycles. The average molecular weight is 311 g/mol. The molecule has 0 fully saturated rings. The molecule has 21 heavy (non-hydrogen) atoms. The van der Waals surface area contributed by atoms with E-state index in [2.05, 4.69) is 20.8 Å². The second-order valence-corrected chi connectivity index (χ2v) is 5.98. The summed E-state index contributed by atoms with van der Waals surface area (Å²) in [6.07, 6.45) is 0. The SMILES string of the molecule is CCNC(C)c1nnc(Nc2cccc(S(N)(=O)=O)c2)o1. The Labute approximate surface area is 122 Å². The first-order valence-electron chi connectivity index (χ1n) is 6.37. The molecule has 0 aliphatic rings. The van der Waals surface area contributed by atoms with Gasteiger partial charge in [0.2, 0.25) is 15.9 Å². The van der Waals surface area contributed by atoms with Crippen molar-refractivity contribution in [2.75, 3.05) is 11.9 Å². The lowest BCUT2D eigenvalue weighted by molar-refractivity contribution is 0.430. The predicted octanol–water partition coefficient (Wildman–Crippen LogP) is 1.13. The van der Waals surface area contributed by atoms with Gasteiger partial charge >= 0.3 is 6.01 Å². The van der Waals surface area contributed by atoms with E-state index in [9.17, 15) is 8.42 Å². The summed E-state index contributed by atoms with van der Waals surface area (Å²) in [5.41, 5.74) is 0.493. The van der Waals surface area contributed by atoms with Crippen LogP contribution in [0.3, 0.4) is 0 Å². The standard InChI is InChI=1S/C12H17N5O3S/c1-3-14-8(2)11-16-17-12(20-11)15-9-5-4-6-10(7-9)21(13,18)19/h4-8,14H,3H2,1-2H3,(H,15,17)(H2,13,18,19). The molecular formula is C12H17N5O3S. The van der Waals surface area contributed by atoms with Crippen LogP contribution >= 0.6 is 0 Å². The second kappa shape index (κ2) is 6.20. The molecule has 0 amide bonds. The maximum absolute atomic E-state index is 11.3. The van der Waals surface area contributed by atoms with Gasteiger partial charge in [-0.2, -0.15) is 0 Å². The number of aromatic nitrogens is 2. The van der Waals surface area contributed by atoms with Gasteiger partial charge in [-0.1, -0.05) is 18.1 Å². The van der Waals surface area contributed by atoms with Crippen molar-refractivity contribution in [1.82, 2.24) is 15.5 Å². The lowest BCUT2D eigenvalue weighted by Crippen LogP contribution is -2.17. The van der Waals surface area contributed by atoms with Crippen molar-refractivity contribution in [3.05, 3.63) is 30.2 Å². The van der Waals surface area contributed by atoms with E-state index < -0.39 is 10.0 Å². The third-order valence-corrected chi connectivity index (χ3v) is 3.65. The summed E-state index contributed by atoms with van der Waals surface area (Å²) in [6.45, 7) is 4.66. The molecule has 1 aromatic heterocycles. The van der Waals surface area contributed by atoms with Crippen LogP contribution in [0.1, 0.15) is 25.8 Å². The number of hydrogen-bond donors (Lipinski definition) is 3. The third-order valence-electron chi connectivity index (χ3n) is 2.74. The number of nitrogens with two attached hydrogens (primary N) is 1. The van der Waals surface area contributed by atoms with Crippen LogP contribution in [0.4, 0.5) is 11.7 Å². The molecular weight excluding hydrogens is 294 g/mol. The summed E-state index contributed by atoms with van der Waals surface area (Å²) in [7, 11) is -3.75. The van der Waals surface area contributed by atoms with Gasteiger partial charge in [-0.3, -0.25) is 0 Å². The maximum Gasteiger partial charge on any atom is 0.320 e. The number of benzene rings is 1. The molecule has 0 aliphatic carbocycles. The number of rotatable bonds is 6. The van der Waals surface area contributed by atoms with Crippen molar-refractivity contribution in [3.8, 4) is 0 Å². The van der Waals surface area contributed by atoms with Gasteiger partial charge in [0.05, 0.1) is 10.9 Å². The van der Waals surface area contributed by atoms with Crippen LogP contribution in [0.5, 0.6) is 0 Å². The van der Waals surface area contributed by atoms with Gasteiger partial charge in [-0.05, 0) is 31.7 Å². The molecule has 0 saturated carbocycles. The molecule has 2 aromatic rings. The highest BCUT2D eigenvalue weighted by Crippen LogP contribution is 2.20. The first-order chi connectivity index (χ1) is 9.90. The lowest BCUT2D eigenvalue weighted by Gasteiger charge is -2.06. The van der Waals surface area contributed by atoms with Crippen LogP contribution in [0.25, 0.3) is 0 Å². The first kappa shape index (κ1) is 15.4. The fourth-order valence-corrected chi connectivity index (χ4v) is 2.29. The second-order valence-electron chi connectivity index (χ2n) is 4.42. The van der Waals surface area contributed by atoms with Crippen LogP contribution in [-0.4, -0.2) is 25.2 Å². The molecule has 0 aliphatic heterocycles. The summed E-state index contributed by atoms with van der Waals surface area (Å²) in [5.74, 6) is 0.446. The van der Waals surface area contributed by atoms with Crippen molar-refractivity contribution in [2.45, 2.75) is 24.8 Å². The molecule has 114 valence electrons. The fourth-order valence-electron chi connectivity index (χ4n) is 1.73. The quantitative estimate of drug-likeness (QED) is 0.730.